The van der Waals surface area contributed by atoms with Crippen LogP contribution in [0.1, 0.15) is 33.1 Å². The lowest BCUT2D eigenvalue weighted by molar-refractivity contribution is 0.0945. The summed E-state index contributed by atoms with van der Waals surface area (Å²) in [5.41, 5.74) is 5.05. The van der Waals surface area contributed by atoms with E-state index < -0.39 is 6.04 Å². The molecule has 2 N–H and O–H groups in total. The van der Waals surface area contributed by atoms with Gasteiger partial charge < -0.3 is 10.3 Å². The van der Waals surface area contributed by atoms with E-state index in [1.54, 1.807) is 0 Å². The van der Waals surface area contributed by atoms with Crippen molar-refractivity contribution >= 4 is 28.3 Å². The molecule has 0 bridgehead atoms. The monoisotopic (exact) mass is 402 g/mol. The van der Waals surface area contributed by atoms with Crippen molar-refractivity contribution in [2.75, 3.05) is 6.54 Å². The number of hydrogen-bond donors (Lipinski definition) is 2. The summed E-state index contributed by atoms with van der Waals surface area (Å²) in [4.78, 5) is 16.7. The zero-order valence-electron chi connectivity index (χ0n) is 16.3. The van der Waals surface area contributed by atoms with E-state index in [1.807, 2.05) is 72.9 Å². The van der Waals surface area contributed by atoms with Crippen molar-refractivity contribution in [2.24, 2.45) is 0 Å². The van der Waals surface area contributed by atoms with Gasteiger partial charge in [-0.25, -0.2) is 0 Å². The molecule has 4 rings (SSSR count). The smallest absolute Gasteiger partial charge is 0.186 e. The summed E-state index contributed by atoms with van der Waals surface area (Å²) in [5.74, 6) is 0.0708. The first-order valence-electron chi connectivity index (χ1n) is 9.77. The van der Waals surface area contributed by atoms with Gasteiger partial charge in [-0.15, -0.1) is 0 Å². The highest BCUT2D eigenvalue weighted by Crippen LogP contribution is 2.25. The lowest BCUT2D eigenvalue weighted by atomic mass is 9.96. The van der Waals surface area contributed by atoms with Crippen LogP contribution in [0.5, 0.6) is 0 Å². The second kappa shape index (κ2) is 8.64. The summed E-state index contributed by atoms with van der Waals surface area (Å²) in [6.45, 7) is 2.75. The van der Waals surface area contributed by atoms with Crippen molar-refractivity contribution < 1.29 is 4.79 Å². The number of aromatic nitrogens is 1. The molecule has 3 nitrogen and oxygen atoms in total. The number of benzene rings is 3. The molecule has 0 aliphatic carbocycles. The first-order chi connectivity index (χ1) is 14.1. The fourth-order valence-electron chi connectivity index (χ4n) is 3.73. The molecular formula is C25H23ClN2O. The lowest BCUT2D eigenvalue weighted by Crippen LogP contribution is -2.30. The number of halogens is 1. The Morgan fingerprint density at radius 2 is 1.79 bits per heavy atom. The Kier molecular flexibility index (Phi) is 5.79. The maximum Gasteiger partial charge on any atom is 0.186 e. The standard InChI is InChI=1S/C25H23ClN2O/c1-17-15-20(26)12-11-18(17)13-14-27-24(19-7-3-2-4-8-19)25(29)22-16-28-23-10-6-5-9-21(22)23/h2-12,15-16,24,27-28H,13-14H2,1H3/t24-/m1/s1. The number of H-pyrrole nitrogens is 1. The third-order valence-electron chi connectivity index (χ3n) is 5.30. The highest BCUT2D eigenvalue weighted by molar-refractivity contribution is 6.30. The number of nitrogens with one attached hydrogen (secondary N) is 2. The molecule has 0 saturated heterocycles. The van der Waals surface area contributed by atoms with E-state index in [0.717, 1.165) is 27.9 Å². The van der Waals surface area contributed by atoms with E-state index >= 15 is 0 Å². The zero-order valence-corrected chi connectivity index (χ0v) is 17.0. The van der Waals surface area contributed by atoms with Crippen LogP contribution in [-0.2, 0) is 6.42 Å². The Morgan fingerprint density at radius 3 is 2.59 bits per heavy atom. The quantitative estimate of drug-likeness (QED) is 0.379. The molecule has 0 aliphatic heterocycles. The number of Topliss-reactive ketones (excluding diaryl/α,β-unsaturated/α-hetero) is 1. The highest BCUT2D eigenvalue weighted by atomic mass is 35.5. The highest BCUT2D eigenvalue weighted by Gasteiger charge is 2.23. The largest absolute Gasteiger partial charge is 0.360 e. The number of carbonyl (C=O) groups excluding carboxylic acids is 1. The van der Waals surface area contributed by atoms with Crippen LogP contribution in [0.3, 0.4) is 0 Å². The zero-order chi connectivity index (χ0) is 20.2. The van der Waals surface area contributed by atoms with E-state index in [2.05, 4.69) is 23.3 Å². The minimum atomic E-state index is -0.400. The van der Waals surface area contributed by atoms with Crippen LogP contribution < -0.4 is 5.32 Å². The molecule has 0 radical (unpaired) electrons. The minimum Gasteiger partial charge on any atom is -0.360 e. The predicted molar refractivity (Wildman–Crippen MR) is 120 cm³/mol. The molecule has 1 aromatic heterocycles. The van der Waals surface area contributed by atoms with Crippen molar-refractivity contribution in [3.05, 3.63) is 106 Å². The summed E-state index contributed by atoms with van der Waals surface area (Å²) in [6.07, 6.45) is 2.64. The average molecular weight is 403 g/mol. The summed E-state index contributed by atoms with van der Waals surface area (Å²) >= 11 is 6.06. The Labute approximate surface area is 175 Å². The summed E-state index contributed by atoms with van der Waals surface area (Å²) in [6, 6.07) is 23.3. The van der Waals surface area contributed by atoms with Gasteiger partial charge in [0, 0.05) is 34.2 Å². The number of hydrogen-bond acceptors (Lipinski definition) is 2. The second-order valence-corrected chi connectivity index (χ2v) is 7.67. The molecule has 0 amide bonds. The number of ketones is 1. The maximum absolute atomic E-state index is 13.5. The van der Waals surface area contributed by atoms with Gasteiger partial charge in [-0.2, -0.15) is 0 Å². The molecule has 0 saturated carbocycles. The van der Waals surface area contributed by atoms with Gasteiger partial charge in [-0.05, 0) is 48.2 Å². The maximum atomic E-state index is 13.5. The normalized spacial score (nSPS) is 12.2. The van der Waals surface area contributed by atoms with Gasteiger partial charge in [-0.3, -0.25) is 4.79 Å². The Bertz CT molecular complexity index is 1130. The Balaban J connectivity index is 1.58. The van der Waals surface area contributed by atoms with Crippen LogP contribution in [0.2, 0.25) is 5.02 Å². The van der Waals surface area contributed by atoms with Crippen molar-refractivity contribution in [1.29, 1.82) is 0 Å². The Hall–Kier alpha value is -2.88. The lowest BCUT2D eigenvalue weighted by Gasteiger charge is -2.18. The van der Waals surface area contributed by atoms with Crippen molar-refractivity contribution in [1.82, 2.24) is 10.3 Å². The topological polar surface area (TPSA) is 44.9 Å². The van der Waals surface area contributed by atoms with Gasteiger partial charge >= 0.3 is 0 Å². The molecule has 0 aliphatic rings. The van der Waals surface area contributed by atoms with E-state index in [4.69, 9.17) is 11.6 Å². The number of aryl methyl sites for hydroxylation is 1. The van der Waals surface area contributed by atoms with Gasteiger partial charge in [0.1, 0.15) is 0 Å². The summed E-state index contributed by atoms with van der Waals surface area (Å²) < 4.78 is 0. The van der Waals surface area contributed by atoms with Crippen molar-refractivity contribution in [2.45, 2.75) is 19.4 Å². The Morgan fingerprint density at radius 1 is 1.03 bits per heavy atom. The third-order valence-corrected chi connectivity index (χ3v) is 5.53. The second-order valence-electron chi connectivity index (χ2n) is 7.23. The number of rotatable bonds is 7. The molecule has 0 fully saturated rings. The minimum absolute atomic E-state index is 0.0708. The fraction of sp³-hybridized carbons (Fsp3) is 0.160. The van der Waals surface area contributed by atoms with Crippen molar-refractivity contribution in [3.63, 3.8) is 0 Å². The SMILES string of the molecule is Cc1cc(Cl)ccc1CCN[C@@H](C(=O)c1c[nH]c2ccccc12)c1ccccc1. The molecule has 4 aromatic rings. The fourth-order valence-corrected chi connectivity index (χ4v) is 3.96. The van der Waals surface area contributed by atoms with Crippen LogP contribution in [0.25, 0.3) is 10.9 Å². The predicted octanol–water partition coefficient (Wildman–Crippen LogP) is 5.89. The van der Waals surface area contributed by atoms with Crippen LogP contribution in [-0.4, -0.2) is 17.3 Å². The van der Waals surface area contributed by atoms with Gasteiger partial charge in [0.05, 0.1) is 6.04 Å². The van der Waals surface area contributed by atoms with Crippen LogP contribution in [0.15, 0.2) is 79.0 Å². The molecule has 4 heteroatoms. The van der Waals surface area contributed by atoms with E-state index in [1.165, 1.54) is 11.1 Å². The number of fused-ring (bicyclic) bond motifs is 1. The number of para-hydroxylation sites is 1. The van der Waals surface area contributed by atoms with Gasteiger partial charge in [-0.1, -0.05) is 66.2 Å². The number of carbonyl (C=O) groups is 1. The first kappa shape index (κ1) is 19.4. The molecule has 3 aromatic carbocycles. The van der Waals surface area contributed by atoms with E-state index in [-0.39, 0.29) is 5.78 Å². The van der Waals surface area contributed by atoms with Gasteiger partial charge in [0.2, 0.25) is 0 Å². The molecule has 0 unspecified atom stereocenters. The molecule has 1 atom stereocenters. The first-order valence-corrected chi connectivity index (χ1v) is 10.1. The van der Waals surface area contributed by atoms with Crippen LogP contribution in [0, 0.1) is 6.92 Å². The molecule has 146 valence electrons. The van der Waals surface area contributed by atoms with E-state index in [0.29, 0.717) is 12.1 Å². The van der Waals surface area contributed by atoms with Gasteiger partial charge in [0.15, 0.2) is 5.78 Å². The molecular weight excluding hydrogens is 380 g/mol. The average Bonchev–Trinajstić information content (AvgIpc) is 3.17. The van der Waals surface area contributed by atoms with E-state index in [9.17, 15) is 4.79 Å². The molecule has 0 spiro atoms. The molecule has 1 heterocycles. The van der Waals surface area contributed by atoms with Crippen LogP contribution in [0.4, 0.5) is 0 Å². The van der Waals surface area contributed by atoms with Crippen LogP contribution >= 0.6 is 11.6 Å². The van der Waals surface area contributed by atoms with Crippen molar-refractivity contribution in [3.8, 4) is 0 Å². The molecule has 29 heavy (non-hydrogen) atoms. The summed E-state index contributed by atoms with van der Waals surface area (Å²) in [7, 11) is 0. The number of aromatic amines is 1. The van der Waals surface area contributed by atoms with Gasteiger partial charge in [0.25, 0.3) is 0 Å². The third kappa shape index (κ3) is 4.26. The summed E-state index contributed by atoms with van der Waals surface area (Å²) in [5, 5.41) is 5.18.